The third-order valence-corrected chi connectivity index (χ3v) is 2.55. The molecule has 0 atom stereocenters. The Morgan fingerprint density at radius 3 is 2.19 bits per heavy atom. The summed E-state index contributed by atoms with van der Waals surface area (Å²) in [7, 11) is 4.10. The number of hydrogen-bond donors (Lipinski definition) is 1. The van der Waals surface area contributed by atoms with Crippen LogP contribution in [0, 0.1) is 5.92 Å². The molecule has 0 radical (unpaired) electrons. The third kappa shape index (κ3) is 4.77. The molecule has 1 N–H and O–H groups in total. The molecule has 0 aliphatic heterocycles. The van der Waals surface area contributed by atoms with Gasteiger partial charge in [0.1, 0.15) is 0 Å². The zero-order valence-electron chi connectivity index (χ0n) is 11.0. The summed E-state index contributed by atoms with van der Waals surface area (Å²) < 4.78 is 0. The first-order valence-electron chi connectivity index (χ1n) is 6.02. The molecule has 0 aliphatic carbocycles. The van der Waals surface area contributed by atoms with E-state index >= 15 is 0 Å². The van der Waals surface area contributed by atoms with Crippen LogP contribution >= 0.6 is 0 Å². The van der Waals surface area contributed by atoms with Gasteiger partial charge in [-0.05, 0) is 37.6 Å². The first-order valence-corrected chi connectivity index (χ1v) is 6.02. The van der Waals surface area contributed by atoms with Crippen molar-refractivity contribution in [2.24, 2.45) is 5.92 Å². The largest absolute Gasteiger partial charge is 0.307 e. The lowest BCUT2D eigenvalue weighted by molar-refractivity contribution is 0.310. The van der Waals surface area contributed by atoms with Crippen molar-refractivity contribution >= 4 is 0 Å². The van der Waals surface area contributed by atoms with Crippen LogP contribution in [0.5, 0.6) is 0 Å². The van der Waals surface area contributed by atoms with Crippen LogP contribution in [0.25, 0.3) is 0 Å². The monoisotopic (exact) mass is 220 g/mol. The minimum atomic E-state index is 0.734. The Hall–Kier alpha value is -0.860. The lowest BCUT2D eigenvalue weighted by Crippen LogP contribution is -2.27. The van der Waals surface area contributed by atoms with Gasteiger partial charge in [-0.15, -0.1) is 0 Å². The molecule has 0 aliphatic rings. The minimum absolute atomic E-state index is 0.734. The molecule has 0 unspecified atom stereocenters. The third-order valence-electron chi connectivity index (χ3n) is 2.55. The molecule has 0 fully saturated rings. The Morgan fingerprint density at radius 1 is 1.12 bits per heavy atom. The fraction of sp³-hybridized carbons (Fsp3) is 0.571. The van der Waals surface area contributed by atoms with E-state index < -0.39 is 0 Å². The standard InChI is InChI=1S/C14H24N2/c1-12(2)9-13-5-7-14(8-6-13)10-16(4)11-15-3/h5-8,12,15H,9-11H2,1-4H3. The highest BCUT2D eigenvalue weighted by molar-refractivity contribution is 5.22. The molecule has 1 aromatic carbocycles. The van der Waals surface area contributed by atoms with Gasteiger partial charge in [-0.25, -0.2) is 0 Å². The molecule has 0 bridgehead atoms. The highest BCUT2D eigenvalue weighted by atomic mass is 15.2. The van der Waals surface area contributed by atoms with E-state index in [1.165, 1.54) is 17.5 Å². The molecule has 1 aromatic rings. The van der Waals surface area contributed by atoms with E-state index in [0.717, 1.165) is 19.1 Å². The number of benzene rings is 1. The van der Waals surface area contributed by atoms with Crippen molar-refractivity contribution in [3.63, 3.8) is 0 Å². The molecule has 0 aromatic heterocycles. The number of nitrogens with one attached hydrogen (secondary N) is 1. The highest BCUT2D eigenvalue weighted by Crippen LogP contribution is 2.10. The van der Waals surface area contributed by atoms with Crippen LogP contribution in [0.2, 0.25) is 0 Å². The van der Waals surface area contributed by atoms with Crippen LogP contribution in [0.3, 0.4) is 0 Å². The van der Waals surface area contributed by atoms with Gasteiger partial charge < -0.3 is 5.32 Å². The van der Waals surface area contributed by atoms with E-state index in [2.05, 4.69) is 55.4 Å². The fourth-order valence-corrected chi connectivity index (χ4v) is 1.89. The van der Waals surface area contributed by atoms with Crippen molar-refractivity contribution < 1.29 is 0 Å². The summed E-state index contributed by atoms with van der Waals surface area (Å²) >= 11 is 0. The van der Waals surface area contributed by atoms with Gasteiger partial charge in [0.05, 0.1) is 0 Å². The van der Waals surface area contributed by atoms with E-state index in [4.69, 9.17) is 0 Å². The molecule has 90 valence electrons. The topological polar surface area (TPSA) is 15.3 Å². The Morgan fingerprint density at radius 2 is 1.69 bits per heavy atom. The molecule has 0 saturated carbocycles. The Kier molecular flexibility index (Phi) is 5.50. The van der Waals surface area contributed by atoms with Gasteiger partial charge in [0.2, 0.25) is 0 Å². The molecule has 1 rings (SSSR count). The number of nitrogens with zero attached hydrogens (tertiary/aromatic N) is 1. The highest BCUT2D eigenvalue weighted by Gasteiger charge is 2.00. The summed E-state index contributed by atoms with van der Waals surface area (Å²) in [5, 5.41) is 3.15. The van der Waals surface area contributed by atoms with Crippen molar-refractivity contribution in [1.29, 1.82) is 0 Å². The Balaban J connectivity index is 2.50. The average Bonchev–Trinajstić information content (AvgIpc) is 2.20. The van der Waals surface area contributed by atoms with Crippen molar-refractivity contribution in [2.45, 2.75) is 26.8 Å². The smallest absolute Gasteiger partial charge is 0.0478 e. The van der Waals surface area contributed by atoms with Gasteiger partial charge in [0.25, 0.3) is 0 Å². The van der Waals surface area contributed by atoms with Crippen LogP contribution in [0.1, 0.15) is 25.0 Å². The molecule has 0 heterocycles. The molecular weight excluding hydrogens is 196 g/mol. The van der Waals surface area contributed by atoms with Crippen LogP contribution < -0.4 is 5.32 Å². The summed E-state index contributed by atoms with van der Waals surface area (Å²) in [4.78, 5) is 2.26. The summed E-state index contributed by atoms with van der Waals surface area (Å²) in [5.74, 6) is 0.734. The summed E-state index contributed by atoms with van der Waals surface area (Å²) in [6, 6.07) is 8.98. The Bertz CT molecular complexity index is 290. The average molecular weight is 220 g/mol. The zero-order chi connectivity index (χ0) is 12.0. The number of hydrogen-bond acceptors (Lipinski definition) is 2. The molecule has 2 heteroatoms. The van der Waals surface area contributed by atoms with Crippen molar-refractivity contribution in [1.82, 2.24) is 10.2 Å². The second kappa shape index (κ2) is 6.66. The maximum atomic E-state index is 3.15. The second-order valence-corrected chi connectivity index (χ2v) is 4.94. The van der Waals surface area contributed by atoms with Crippen molar-refractivity contribution in [2.75, 3.05) is 20.8 Å². The van der Waals surface area contributed by atoms with Gasteiger partial charge in [-0.2, -0.15) is 0 Å². The molecule has 0 saturated heterocycles. The SMILES string of the molecule is CNCN(C)Cc1ccc(CC(C)C)cc1. The van der Waals surface area contributed by atoms with Crippen molar-refractivity contribution in [3.8, 4) is 0 Å². The first kappa shape index (κ1) is 13.2. The van der Waals surface area contributed by atoms with E-state index in [0.29, 0.717) is 0 Å². The van der Waals surface area contributed by atoms with E-state index in [9.17, 15) is 0 Å². The second-order valence-electron chi connectivity index (χ2n) is 4.94. The van der Waals surface area contributed by atoms with Crippen LogP contribution in [0.4, 0.5) is 0 Å². The molecule has 0 spiro atoms. The molecule has 0 amide bonds. The lowest BCUT2D eigenvalue weighted by Gasteiger charge is -2.16. The zero-order valence-corrected chi connectivity index (χ0v) is 11.0. The molecular formula is C14H24N2. The molecule has 2 nitrogen and oxygen atoms in total. The van der Waals surface area contributed by atoms with Gasteiger partial charge in [0.15, 0.2) is 0 Å². The lowest BCUT2D eigenvalue weighted by atomic mass is 10.0. The maximum Gasteiger partial charge on any atom is 0.0478 e. The normalized spacial score (nSPS) is 11.4. The van der Waals surface area contributed by atoms with Gasteiger partial charge in [-0.3, -0.25) is 4.90 Å². The van der Waals surface area contributed by atoms with E-state index in [-0.39, 0.29) is 0 Å². The summed E-state index contributed by atoms with van der Waals surface area (Å²) in [6.45, 7) is 6.44. The fourth-order valence-electron chi connectivity index (χ4n) is 1.89. The number of rotatable bonds is 6. The first-order chi connectivity index (χ1) is 7.61. The summed E-state index contributed by atoms with van der Waals surface area (Å²) in [5.41, 5.74) is 2.82. The minimum Gasteiger partial charge on any atom is -0.307 e. The van der Waals surface area contributed by atoms with Crippen LogP contribution in [-0.4, -0.2) is 25.7 Å². The quantitative estimate of drug-likeness (QED) is 0.741. The van der Waals surface area contributed by atoms with Gasteiger partial charge in [0, 0.05) is 13.2 Å². The van der Waals surface area contributed by atoms with Crippen LogP contribution in [-0.2, 0) is 13.0 Å². The van der Waals surface area contributed by atoms with E-state index in [1.807, 2.05) is 7.05 Å². The van der Waals surface area contributed by atoms with Gasteiger partial charge in [-0.1, -0.05) is 38.1 Å². The predicted molar refractivity (Wildman–Crippen MR) is 70.4 cm³/mol. The summed E-state index contributed by atoms with van der Waals surface area (Å²) in [6.07, 6.45) is 1.17. The van der Waals surface area contributed by atoms with Gasteiger partial charge >= 0.3 is 0 Å². The van der Waals surface area contributed by atoms with Crippen LogP contribution in [0.15, 0.2) is 24.3 Å². The molecule has 16 heavy (non-hydrogen) atoms. The maximum absolute atomic E-state index is 3.15. The Labute approximate surface area is 99.7 Å². The predicted octanol–water partition coefficient (Wildman–Crippen LogP) is 2.49. The van der Waals surface area contributed by atoms with E-state index in [1.54, 1.807) is 0 Å². The van der Waals surface area contributed by atoms with Crippen molar-refractivity contribution in [3.05, 3.63) is 35.4 Å².